The summed E-state index contributed by atoms with van der Waals surface area (Å²) in [6, 6.07) is 7.20. The highest BCUT2D eigenvalue weighted by Gasteiger charge is 2.28. The summed E-state index contributed by atoms with van der Waals surface area (Å²) in [5, 5.41) is 0. The van der Waals surface area contributed by atoms with E-state index in [1.165, 1.54) is 18.5 Å². The van der Waals surface area contributed by atoms with Crippen LogP contribution in [0.25, 0.3) is 0 Å². The Balaban J connectivity index is 2.25. The Labute approximate surface area is 112 Å². The molecule has 1 fully saturated rings. The van der Waals surface area contributed by atoms with Gasteiger partial charge in [0.15, 0.2) is 0 Å². The molecule has 0 heterocycles. The van der Waals surface area contributed by atoms with E-state index in [9.17, 15) is 0 Å². The van der Waals surface area contributed by atoms with E-state index in [4.69, 9.17) is 5.73 Å². The van der Waals surface area contributed by atoms with E-state index in [1.54, 1.807) is 0 Å². The Morgan fingerprint density at radius 3 is 2.76 bits per heavy atom. The van der Waals surface area contributed by atoms with Crippen molar-refractivity contribution in [2.45, 2.75) is 31.8 Å². The first-order valence-corrected chi connectivity index (χ1v) is 6.85. The van der Waals surface area contributed by atoms with E-state index >= 15 is 0 Å². The number of benzene rings is 1. The minimum absolute atomic E-state index is 0.0622. The molecule has 1 aliphatic rings. The van der Waals surface area contributed by atoms with Gasteiger partial charge >= 0.3 is 0 Å². The van der Waals surface area contributed by atoms with Crippen molar-refractivity contribution in [3.05, 3.63) is 40.9 Å². The van der Waals surface area contributed by atoms with Crippen molar-refractivity contribution in [3.63, 3.8) is 0 Å². The van der Waals surface area contributed by atoms with Crippen molar-refractivity contribution in [2.75, 3.05) is 11.4 Å². The van der Waals surface area contributed by atoms with E-state index in [0.29, 0.717) is 6.04 Å². The molecule has 0 amide bonds. The van der Waals surface area contributed by atoms with E-state index in [2.05, 4.69) is 45.6 Å². The van der Waals surface area contributed by atoms with Crippen LogP contribution in [0, 0.1) is 0 Å². The van der Waals surface area contributed by atoms with Gasteiger partial charge in [0, 0.05) is 28.8 Å². The predicted molar refractivity (Wildman–Crippen MR) is 77.3 cm³/mol. The molecule has 2 nitrogen and oxygen atoms in total. The fraction of sp³-hybridized carbons (Fsp3) is 0.429. The van der Waals surface area contributed by atoms with E-state index in [-0.39, 0.29) is 6.04 Å². The Bertz CT molecular complexity index is 411. The lowest BCUT2D eigenvalue weighted by Crippen LogP contribution is -2.25. The molecule has 0 radical (unpaired) electrons. The maximum absolute atomic E-state index is 5.91. The van der Waals surface area contributed by atoms with Gasteiger partial charge in [0.05, 0.1) is 0 Å². The summed E-state index contributed by atoms with van der Waals surface area (Å²) < 4.78 is 1.10. The molecule has 1 saturated carbocycles. The van der Waals surface area contributed by atoms with Gasteiger partial charge in [-0.1, -0.05) is 28.1 Å². The molecule has 1 atom stereocenters. The van der Waals surface area contributed by atoms with Crippen molar-refractivity contribution in [1.82, 2.24) is 0 Å². The quantitative estimate of drug-likeness (QED) is 0.841. The van der Waals surface area contributed by atoms with Crippen molar-refractivity contribution in [3.8, 4) is 0 Å². The minimum Gasteiger partial charge on any atom is -0.365 e. The highest BCUT2D eigenvalue weighted by Crippen LogP contribution is 2.34. The largest absolute Gasteiger partial charge is 0.365 e. The van der Waals surface area contributed by atoms with Gasteiger partial charge in [0.25, 0.3) is 0 Å². The molecule has 0 saturated heterocycles. The maximum atomic E-state index is 5.91. The first-order chi connectivity index (χ1) is 8.13. The van der Waals surface area contributed by atoms with Crippen molar-refractivity contribution < 1.29 is 0 Å². The molecule has 1 aromatic carbocycles. The normalized spacial score (nSPS) is 16.6. The monoisotopic (exact) mass is 294 g/mol. The number of halogens is 1. The molecule has 3 heteroatoms. The third-order valence-electron chi connectivity index (χ3n) is 3.12. The molecule has 1 aromatic rings. The zero-order valence-electron chi connectivity index (χ0n) is 10.2. The zero-order valence-corrected chi connectivity index (χ0v) is 11.8. The summed E-state index contributed by atoms with van der Waals surface area (Å²) >= 11 is 3.60. The third kappa shape index (κ3) is 2.90. The Morgan fingerprint density at radius 2 is 2.29 bits per heavy atom. The average Bonchev–Trinajstić information content (AvgIpc) is 3.09. The number of nitrogens with two attached hydrogens (primary N) is 1. The zero-order chi connectivity index (χ0) is 12.4. The van der Waals surface area contributed by atoms with Crippen LogP contribution in [0.5, 0.6) is 0 Å². The molecular formula is C14H19BrN2. The SMILES string of the molecule is C=CCN(c1ccc([C@@H](C)N)c(Br)c1)C1CC1. The van der Waals surface area contributed by atoms with E-state index in [1.807, 2.05) is 13.0 Å². The molecule has 2 N–H and O–H groups in total. The van der Waals surface area contributed by atoms with Crippen LogP contribution in [0.1, 0.15) is 31.4 Å². The van der Waals surface area contributed by atoms with Gasteiger partial charge < -0.3 is 10.6 Å². The first-order valence-electron chi connectivity index (χ1n) is 6.06. The topological polar surface area (TPSA) is 29.3 Å². The second-order valence-corrected chi connectivity index (χ2v) is 5.52. The fourth-order valence-electron chi connectivity index (χ4n) is 2.05. The van der Waals surface area contributed by atoms with Gasteiger partial charge in [-0.05, 0) is 37.5 Å². The molecule has 0 unspecified atom stereocenters. The van der Waals surface area contributed by atoms with Crippen LogP contribution < -0.4 is 10.6 Å². The van der Waals surface area contributed by atoms with Crippen LogP contribution >= 0.6 is 15.9 Å². The molecule has 17 heavy (non-hydrogen) atoms. The van der Waals surface area contributed by atoms with Crippen LogP contribution in [0.2, 0.25) is 0 Å². The van der Waals surface area contributed by atoms with E-state index in [0.717, 1.165) is 16.6 Å². The van der Waals surface area contributed by atoms with Crippen LogP contribution in [0.4, 0.5) is 5.69 Å². The molecule has 0 bridgehead atoms. The van der Waals surface area contributed by atoms with Crippen molar-refractivity contribution in [2.24, 2.45) is 5.73 Å². The van der Waals surface area contributed by atoms with Crippen LogP contribution in [0.3, 0.4) is 0 Å². The van der Waals surface area contributed by atoms with Crippen LogP contribution in [-0.2, 0) is 0 Å². The van der Waals surface area contributed by atoms with Crippen LogP contribution in [-0.4, -0.2) is 12.6 Å². The number of hydrogen-bond donors (Lipinski definition) is 1. The average molecular weight is 295 g/mol. The van der Waals surface area contributed by atoms with Gasteiger partial charge in [0.2, 0.25) is 0 Å². The molecule has 2 rings (SSSR count). The fourth-order valence-corrected chi connectivity index (χ4v) is 2.78. The number of anilines is 1. The summed E-state index contributed by atoms with van der Waals surface area (Å²) in [6.45, 7) is 6.74. The lowest BCUT2D eigenvalue weighted by atomic mass is 10.1. The lowest BCUT2D eigenvalue weighted by Gasteiger charge is -2.24. The highest BCUT2D eigenvalue weighted by molar-refractivity contribution is 9.10. The van der Waals surface area contributed by atoms with Gasteiger partial charge in [0.1, 0.15) is 0 Å². The molecule has 0 aliphatic heterocycles. The summed E-state index contributed by atoms with van der Waals surface area (Å²) in [7, 11) is 0. The Morgan fingerprint density at radius 1 is 1.59 bits per heavy atom. The summed E-state index contributed by atoms with van der Waals surface area (Å²) in [6.07, 6.45) is 4.55. The Hall–Kier alpha value is -0.800. The van der Waals surface area contributed by atoms with Gasteiger partial charge in [-0.3, -0.25) is 0 Å². The smallest absolute Gasteiger partial charge is 0.0383 e. The van der Waals surface area contributed by atoms with E-state index < -0.39 is 0 Å². The number of rotatable bonds is 5. The second kappa shape index (κ2) is 5.23. The molecule has 0 aromatic heterocycles. The summed E-state index contributed by atoms with van der Waals surface area (Å²) in [4.78, 5) is 2.41. The van der Waals surface area contributed by atoms with Crippen molar-refractivity contribution >= 4 is 21.6 Å². The summed E-state index contributed by atoms with van der Waals surface area (Å²) in [5.74, 6) is 0. The second-order valence-electron chi connectivity index (χ2n) is 4.67. The van der Waals surface area contributed by atoms with Gasteiger partial charge in [-0.15, -0.1) is 6.58 Å². The van der Waals surface area contributed by atoms with Gasteiger partial charge in [-0.25, -0.2) is 0 Å². The molecule has 92 valence electrons. The maximum Gasteiger partial charge on any atom is 0.0383 e. The van der Waals surface area contributed by atoms with Crippen LogP contribution in [0.15, 0.2) is 35.3 Å². The highest BCUT2D eigenvalue weighted by atomic mass is 79.9. The predicted octanol–water partition coefficient (Wildman–Crippen LogP) is 3.62. The molecule has 1 aliphatic carbocycles. The standard InChI is InChI=1S/C14H19BrN2/c1-3-8-17(11-4-5-11)12-6-7-13(10(2)16)14(15)9-12/h3,6-7,9-11H,1,4-5,8,16H2,2H3/t10-/m1/s1. The molecule has 0 spiro atoms. The Kier molecular flexibility index (Phi) is 3.89. The first kappa shape index (κ1) is 12.7. The number of hydrogen-bond acceptors (Lipinski definition) is 2. The third-order valence-corrected chi connectivity index (χ3v) is 3.81. The minimum atomic E-state index is 0.0622. The summed E-state index contributed by atoms with van der Waals surface area (Å²) in [5.41, 5.74) is 8.32. The lowest BCUT2D eigenvalue weighted by molar-refractivity contribution is 0.809. The van der Waals surface area contributed by atoms with Crippen molar-refractivity contribution in [1.29, 1.82) is 0 Å². The van der Waals surface area contributed by atoms with Gasteiger partial charge in [-0.2, -0.15) is 0 Å². The number of nitrogens with zero attached hydrogens (tertiary/aromatic N) is 1. The molecular weight excluding hydrogens is 276 g/mol.